The lowest BCUT2D eigenvalue weighted by Gasteiger charge is -2.12. The molecular formula is C18H11FN4. The first-order valence-electron chi connectivity index (χ1n) is 7.14. The molecule has 4 nitrogen and oxygen atoms in total. The SMILES string of the molecule is N#Cc1ccc2c(c1)C(c1ccccc1F)=NCc1nccn1-2. The number of nitrogens with zero attached hydrogens (tertiary/aromatic N) is 4. The lowest BCUT2D eigenvalue weighted by molar-refractivity contribution is 0.625. The molecule has 0 saturated heterocycles. The molecule has 4 rings (SSSR count). The molecule has 0 fully saturated rings. The van der Waals surface area contributed by atoms with Crippen LogP contribution in [0.3, 0.4) is 0 Å². The van der Waals surface area contributed by atoms with Crippen molar-refractivity contribution >= 4 is 5.71 Å². The summed E-state index contributed by atoms with van der Waals surface area (Å²) in [7, 11) is 0. The Labute approximate surface area is 132 Å². The predicted octanol–water partition coefficient (Wildman–Crippen LogP) is 3.23. The van der Waals surface area contributed by atoms with Crippen LogP contribution < -0.4 is 0 Å². The second-order valence-electron chi connectivity index (χ2n) is 5.20. The minimum absolute atomic E-state index is 0.334. The molecule has 0 amide bonds. The number of aromatic nitrogens is 2. The summed E-state index contributed by atoms with van der Waals surface area (Å²) in [5.41, 5.74) is 3.05. The molecule has 0 spiro atoms. The van der Waals surface area contributed by atoms with Crippen molar-refractivity contribution in [3.63, 3.8) is 0 Å². The molecule has 1 aliphatic heterocycles. The summed E-state index contributed by atoms with van der Waals surface area (Å²) < 4.78 is 16.2. The molecule has 2 aromatic carbocycles. The van der Waals surface area contributed by atoms with Crippen molar-refractivity contribution in [3.05, 3.63) is 83.2 Å². The zero-order chi connectivity index (χ0) is 15.8. The minimum Gasteiger partial charge on any atom is -0.302 e. The van der Waals surface area contributed by atoms with Crippen LogP contribution in [-0.2, 0) is 6.54 Å². The van der Waals surface area contributed by atoms with Crippen molar-refractivity contribution in [1.29, 1.82) is 5.26 Å². The number of benzene rings is 2. The first kappa shape index (κ1) is 13.4. The first-order valence-corrected chi connectivity index (χ1v) is 7.14. The van der Waals surface area contributed by atoms with Crippen molar-refractivity contribution in [2.45, 2.75) is 6.54 Å². The van der Waals surface area contributed by atoms with Crippen molar-refractivity contribution in [2.24, 2.45) is 4.99 Å². The van der Waals surface area contributed by atoms with Gasteiger partial charge in [-0.3, -0.25) is 4.99 Å². The summed E-state index contributed by atoms with van der Waals surface area (Å²) in [5.74, 6) is 0.446. The Kier molecular flexibility index (Phi) is 3.02. The molecule has 0 N–H and O–H groups in total. The molecule has 0 radical (unpaired) electrons. The average molecular weight is 302 g/mol. The summed E-state index contributed by atoms with van der Waals surface area (Å²) in [4.78, 5) is 8.87. The van der Waals surface area contributed by atoms with Crippen LogP contribution in [0.2, 0.25) is 0 Å². The van der Waals surface area contributed by atoms with E-state index in [-0.39, 0.29) is 5.82 Å². The Morgan fingerprint density at radius 3 is 2.83 bits per heavy atom. The molecule has 5 heteroatoms. The molecule has 0 unspecified atom stereocenters. The lowest BCUT2D eigenvalue weighted by atomic mass is 9.98. The Balaban J connectivity index is 2.02. The van der Waals surface area contributed by atoms with Crippen LogP contribution in [-0.4, -0.2) is 15.3 Å². The monoisotopic (exact) mass is 302 g/mol. The summed E-state index contributed by atoms with van der Waals surface area (Å²) in [6.45, 7) is 0.354. The van der Waals surface area contributed by atoms with Gasteiger partial charge >= 0.3 is 0 Å². The van der Waals surface area contributed by atoms with Crippen LogP contribution in [0.1, 0.15) is 22.5 Å². The normalized spacial score (nSPS) is 12.6. The zero-order valence-electron chi connectivity index (χ0n) is 12.1. The number of fused-ring (bicyclic) bond motifs is 3. The summed E-state index contributed by atoms with van der Waals surface area (Å²) in [5, 5.41) is 9.19. The molecule has 110 valence electrons. The smallest absolute Gasteiger partial charge is 0.134 e. The molecule has 1 aliphatic rings. The summed E-state index contributed by atoms with van der Waals surface area (Å²) >= 11 is 0. The highest BCUT2D eigenvalue weighted by Crippen LogP contribution is 2.26. The lowest BCUT2D eigenvalue weighted by Crippen LogP contribution is -2.09. The van der Waals surface area contributed by atoms with Gasteiger partial charge in [-0.1, -0.05) is 12.1 Å². The van der Waals surface area contributed by atoms with Crippen molar-refractivity contribution < 1.29 is 4.39 Å². The fraction of sp³-hybridized carbons (Fsp3) is 0.0556. The number of rotatable bonds is 1. The fourth-order valence-corrected chi connectivity index (χ4v) is 2.79. The van der Waals surface area contributed by atoms with E-state index in [1.165, 1.54) is 6.07 Å². The first-order chi connectivity index (χ1) is 11.3. The molecule has 3 aromatic rings. The van der Waals surface area contributed by atoms with Crippen LogP contribution in [0.25, 0.3) is 5.69 Å². The van der Waals surface area contributed by atoms with Crippen molar-refractivity contribution in [3.8, 4) is 11.8 Å². The molecule has 0 atom stereocenters. The van der Waals surface area contributed by atoms with Crippen LogP contribution in [0.4, 0.5) is 4.39 Å². The third-order valence-corrected chi connectivity index (χ3v) is 3.87. The van der Waals surface area contributed by atoms with Gasteiger partial charge in [-0.05, 0) is 30.3 Å². The van der Waals surface area contributed by atoms with E-state index in [4.69, 9.17) is 0 Å². The number of halogens is 1. The van der Waals surface area contributed by atoms with Crippen LogP contribution in [0, 0.1) is 17.1 Å². The van der Waals surface area contributed by atoms with Crippen LogP contribution in [0.15, 0.2) is 59.9 Å². The fourth-order valence-electron chi connectivity index (χ4n) is 2.79. The second-order valence-corrected chi connectivity index (χ2v) is 5.20. The third-order valence-electron chi connectivity index (χ3n) is 3.87. The number of hydrogen-bond acceptors (Lipinski definition) is 3. The standard InChI is InChI=1S/C18H11FN4/c19-15-4-2-1-3-13(15)18-14-9-12(10-20)5-6-16(14)23-8-7-21-17(23)11-22-18/h1-9H,11H2. The third kappa shape index (κ3) is 2.12. The number of aliphatic imine (C=N–C) groups is 1. The molecular weight excluding hydrogens is 291 g/mol. The zero-order valence-corrected chi connectivity index (χ0v) is 12.1. The quantitative estimate of drug-likeness (QED) is 0.693. The Hall–Kier alpha value is -3.26. The highest BCUT2D eigenvalue weighted by atomic mass is 19.1. The van der Waals surface area contributed by atoms with Gasteiger partial charge in [-0.25, -0.2) is 9.37 Å². The van der Waals surface area contributed by atoms with Gasteiger partial charge < -0.3 is 4.57 Å². The number of nitriles is 1. The Bertz CT molecular complexity index is 979. The topological polar surface area (TPSA) is 54.0 Å². The summed E-state index contributed by atoms with van der Waals surface area (Å²) in [6.07, 6.45) is 3.56. The van der Waals surface area contributed by atoms with Crippen molar-refractivity contribution in [1.82, 2.24) is 9.55 Å². The predicted molar refractivity (Wildman–Crippen MR) is 84.0 cm³/mol. The molecule has 0 saturated carbocycles. The Morgan fingerprint density at radius 1 is 1.13 bits per heavy atom. The summed E-state index contributed by atoms with van der Waals surface area (Å²) in [6, 6.07) is 14.0. The van der Waals surface area contributed by atoms with E-state index < -0.39 is 0 Å². The van der Waals surface area contributed by atoms with Gasteiger partial charge in [0, 0.05) is 23.5 Å². The van der Waals surface area contributed by atoms with E-state index in [1.807, 2.05) is 16.8 Å². The van der Waals surface area contributed by atoms with Gasteiger partial charge in [0.15, 0.2) is 0 Å². The van der Waals surface area contributed by atoms with E-state index in [0.717, 1.165) is 17.1 Å². The second kappa shape index (κ2) is 5.18. The molecule has 0 bridgehead atoms. The number of imidazole rings is 1. The molecule has 2 heterocycles. The molecule has 23 heavy (non-hydrogen) atoms. The van der Waals surface area contributed by atoms with Gasteiger partial charge in [-0.15, -0.1) is 0 Å². The van der Waals surface area contributed by atoms with Gasteiger partial charge in [0.2, 0.25) is 0 Å². The largest absolute Gasteiger partial charge is 0.302 e. The van der Waals surface area contributed by atoms with E-state index in [1.54, 1.807) is 36.5 Å². The van der Waals surface area contributed by atoms with E-state index in [2.05, 4.69) is 16.0 Å². The van der Waals surface area contributed by atoms with Crippen LogP contribution >= 0.6 is 0 Å². The van der Waals surface area contributed by atoms with E-state index >= 15 is 0 Å². The van der Waals surface area contributed by atoms with Crippen LogP contribution in [0.5, 0.6) is 0 Å². The van der Waals surface area contributed by atoms with E-state index in [9.17, 15) is 9.65 Å². The average Bonchev–Trinajstić information content (AvgIpc) is 2.99. The molecule has 1 aromatic heterocycles. The number of hydrogen-bond donors (Lipinski definition) is 0. The minimum atomic E-state index is -0.334. The Morgan fingerprint density at radius 2 is 2.00 bits per heavy atom. The van der Waals surface area contributed by atoms with Gasteiger partial charge in [0.05, 0.1) is 29.6 Å². The maximum atomic E-state index is 14.3. The van der Waals surface area contributed by atoms with Gasteiger partial charge in [-0.2, -0.15) is 5.26 Å². The van der Waals surface area contributed by atoms with Gasteiger partial charge in [0.1, 0.15) is 11.6 Å². The van der Waals surface area contributed by atoms with Gasteiger partial charge in [0.25, 0.3) is 0 Å². The highest BCUT2D eigenvalue weighted by Gasteiger charge is 2.21. The molecule has 0 aliphatic carbocycles. The highest BCUT2D eigenvalue weighted by molar-refractivity contribution is 6.15. The van der Waals surface area contributed by atoms with Crippen molar-refractivity contribution in [2.75, 3.05) is 0 Å². The maximum absolute atomic E-state index is 14.3. The van der Waals surface area contributed by atoms with E-state index in [0.29, 0.717) is 23.4 Å². The maximum Gasteiger partial charge on any atom is 0.134 e.